The standard InChI is InChI=1S/C11H9N5O2S2/c1-7-5-6-12-11(13-7)16-20(17,18)9-4-2-3-8-10(9)15-19-14-8/h2-6H,1H3,(H,12,13,16). The molecule has 3 rings (SSSR count). The lowest BCUT2D eigenvalue weighted by Crippen LogP contribution is -2.15. The fraction of sp³-hybridized carbons (Fsp3) is 0.0909. The first-order valence-corrected chi connectivity index (χ1v) is 7.81. The zero-order valence-corrected chi connectivity index (χ0v) is 11.9. The van der Waals surface area contributed by atoms with Crippen molar-refractivity contribution in [2.24, 2.45) is 0 Å². The molecule has 1 N–H and O–H groups in total. The van der Waals surface area contributed by atoms with Gasteiger partial charge in [0.25, 0.3) is 10.0 Å². The van der Waals surface area contributed by atoms with Gasteiger partial charge in [0.2, 0.25) is 5.95 Å². The summed E-state index contributed by atoms with van der Waals surface area (Å²) < 4.78 is 35.1. The Balaban J connectivity index is 2.06. The summed E-state index contributed by atoms with van der Waals surface area (Å²) in [5, 5.41) is 0. The maximum absolute atomic E-state index is 12.4. The second kappa shape index (κ2) is 4.76. The summed E-state index contributed by atoms with van der Waals surface area (Å²) in [4.78, 5) is 7.96. The smallest absolute Gasteiger partial charge is 0.247 e. The minimum atomic E-state index is -3.80. The molecule has 0 atom stereocenters. The molecule has 2 aromatic heterocycles. The van der Waals surface area contributed by atoms with E-state index in [1.165, 1.54) is 12.3 Å². The number of rotatable bonds is 3. The molecule has 0 radical (unpaired) electrons. The Labute approximate surface area is 119 Å². The number of sulfonamides is 1. The van der Waals surface area contributed by atoms with Crippen LogP contribution in [-0.4, -0.2) is 27.1 Å². The normalized spacial score (nSPS) is 11.7. The van der Waals surface area contributed by atoms with Gasteiger partial charge in [0.1, 0.15) is 15.9 Å². The Hall–Kier alpha value is -2.13. The van der Waals surface area contributed by atoms with Gasteiger partial charge in [-0.3, -0.25) is 0 Å². The first kappa shape index (κ1) is 12.9. The molecule has 0 amide bonds. The van der Waals surface area contributed by atoms with Gasteiger partial charge in [-0.1, -0.05) is 6.07 Å². The number of fused-ring (bicyclic) bond motifs is 1. The van der Waals surface area contributed by atoms with Crippen LogP contribution in [0.1, 0.15) is 5.69 Å². The molecule has 0 bridgehead atoms. The topological polar surface area (TPSA) is 97.7 Å². The third-order valence-corrected chi connectivity index (χ3v) is 4.46. The lowest BCUT2D eigenvalue weighted by atomic mass is 10.3. The number of hydrogen-bond donors (Lipinski definition) is 1. The molecule has 0 spiro atoms. The van der Waals surface area contributed by atoms with Crippen LogP contribution in [0.15, 0.2) is 35.4 Å². The highest BCUT2D eigenvalue weighted by Crippen LogP contribution is 2.22. The van der Waals surface area contributed by atoms with E-state index in [-0.39, 0.29) is 10.8 Å². The van der Waals surface area contributed by atoms with Crippen LogP contribution >= 0.6 is 11.7 Å². The van der Waals surface area contributed by atoms with E-state index in [0.29, 0.717) is 16.7 Å². The van der Waals surface area contributed by atoms with Crippen LogP contribution < -0.4 is 4.72 Å². The van der Waals surface area contributed by atoms with Gasteiger partial charge in [0, 0.05) is 11.9 Å². The van der Waals surface area contributed by atoms with E-state index in [1.807, 2.05) is 0 Å². The van der Waals surface area contributed by atoms with E-state index in [9.17, 15) is 8.42 Å². The average molecular weight is 307 g/mol. The summed E-state index contributed by atoms with van der Waals surface area (Å²) in [5.41, 5.74) is 1.56. The third kappa shape index (κ3) is 2.32. The van der Waals surface area contributed by atoms with Crippen molar-refractivity contribution in [3.05, 3.63) is 36.2 Å². The molecule has 2 heterocycles. The molecular formula is C11H9N5O2S2. The van der Waals surface area contributed by atoms with Gasteiger partial charge in [-0.25, -0.2) is 23.1 Å². The predicted molar refractivity (Wildman–Crippen MR) is 75.0 cm³/mol. The van der Waals surface area contributed by atoms with Crippen molar-refractivity contribution in [3.63, 3.8) is 0 Å². The van der Waals surface area contributed by atoms with Crippen LogP contribution in [-0.2, 0) is 10.0 Å². The summed E-state index contributed by atoms with van der Waals surface area (Å²) in [7, 11) is -3.80. The quantitative estimate of drug-likeness (QED) is 0.789. The van der Waals surface area contributed by atoms with Crippen molar-refractivity contribution in [1.29, 1.82) is 0 Å². The Bertz CT molecular complexity index is 875. The maximum atomic E-state index is 12.4. The SMILES string of the molecule is Cc1ccnc(NS(=O)(=O)c2cccc3nsnc23)n1. The lowest BCUT2D eigenvalue weighted by molar-refractivity contribution is 0.601. The average Bonchev–Trinajstić information content (AvgIpc) is 2.85. The minimum absolute atomic E-state index is 0.0326. The van der Waals surface area contributed by atoms with E-state index in [2.05, 4.69) is 23.4 Å². The van der Waals surface area contributed by atoms with Crippen LogP contribution in [0.2, 0.25) is 0 Å². The van der Waals surface area contributed by atoms with Gasteiger partial charge >= 0.3 is 0 Å². The lowest BCUT2D eigenvalue weighted by Gasteiger charge is -2.06. The Kier molecular flexibility index (Phi) is 3.07. The van der Waals surface area contributed by atoms with Gasteiger partial charge in [-0.05, 0) is 25.1 Å². The number of aromatic nitrogens is 4. The number of hydrogen-bond acceptors (Lipinski definition) is 7. The number of benzene rings is 1. The van der Waals surface area contributed by atoms with Crippen molar-refractivity contribution in [2.45, 2.75) is 11.8 Å². The van der Waals surface area contributed by atoms with Gasteiger partial charge in [0.05, 0.1) is 11.7 Å². The largest absolute Gasteiger partial charge is 0.266 e. The molecule has 0 aliphatic carbocycles. The highest BCUT2D eigenvalue weighted by Gasteiger charge is 2.20. The number of nitrogens with zero attached hydrogens (tertiary/aromatic N) is 4. The van der Waals surface area contributed by atoms with Crippen molar-refractivity contribution in [3.8, 4) is 0 Å². The Morgan fingerprint density at radius 3 is 2.85 bits per heavy atom. The molecule has 20 heavy (non-hydrogen) atoms. The first-order valence-electron chi connectivity index (χ1n) is 5.60. The third-order valence-electron chi connectivity index (χ3n) is 2.56. The van der Waals surface area contributed by atoms with Crippen molar-refractivity contribution >= 4 is 38.7 Å². The molecule has 0 saturated carbocycles. The van der Waals surface area contributed by atoms with Gasteiger partial charge in [-0.2, -0.15) is 8.75 Å². The fourth-order valence-electron chi connectivity index (χ4n) is 1.67. The Morgan fingerprint density at radius 2 is 2.05 bits per heavy atom. The highest BCUT2D eigenvalue weighted by molar-refractivity contribution is 7.93. The van der Waals surface area contributed by atoms with Crippen molar-refractivity contribution < 1.29 is 8.42 Å². The first-order chi connectivity index (χ1) is 9.56. The van der Waals surface area contributed by atoms with Crippen molar-refractivity contribution in [2.75, 3.05) is 4.72 Å². The van der Waals surface area contributed by atoms with Crippen LogP contribution in [0.5, 0.6) is 0 Å². The highest BCUT2D eigenvalue weighted by atomic mass is 32.2. The summed E-state index contributed by atoms with van der Waals surface area (Å²) in [6.45, 7) is 1.75. The maximum Gasteiger partial charge on any atom is 0.266 e. The molecule has 102 valence electrons. The van der Waals surface area contributed by atoms with Gasteiger partial charge < -0.3 is 0 Å². The van der Waals surface area contributed by atoms with E-state index in [4.69, 9.17) is 0 Å². The van der Waals surface area contributed by atoms with Gasteiger partial charge in [0.15, 0.2) is 0 Å². The number of nitrogens with one attached hydrogen (secondary N) is 1. The minimum Gasteiger partial charge on any atom is -0.247 e. The number of aryl methyl sites for hydroxylation is 1. The molecule has 0 saturated heterocycles. The zero-order valence-electron chi connectivity index (χ0n) is 10.3. The predicted octanol–water partition coefficient (Wildman–Crippen LogP) is 1.59. The molecule has 3 aromatic rings. The Morgan fingerprint density at radius 1 is 1.20 bits per heavy atom. The molecule has 0 fully saturated rings. The van der Waals surface area contributed by atoms with Crippen LogP contribution in [0.3, 0.4) is 0 Å². The summed E-state index contributed by atoms with van der Waals surface area (Å²) in [5.74, 6) is 0.0326. The fourth-order valence-corrected chi connectivity index (χ4v) is 3.39. The number of anilines is 1. The molecule has 0 unspecified atom stereocenters. The van der Waals surface area contributed by atoms with Crippen LogP contribution in [0.4, 0.5) is 5.95 Å². The second-order valence-electron chi connectivity index (χ2n) is 4.02. The molecule has 9 heteroatoms. The van der Waals surface area contributed by atoms with Crippen molar-refractivity contribution in [1.82, 2.24) is 18.7 Å². The molecule has 1 aromatic carbocycles. The molecular weight excluding hydrogens is 298 g/mol. The summed E-state index contributed by atoms with van der Waals surface area (Å²) in [6, 6.07) is 6.49. The van der Waals surface area contributed by atoms with E-state index >= 15 is 0 Å². The molecule has 0 aliphatic rings. The monoisotopic (exact) mass is 307 g/mol. The molecule has 7 nitrogen and oxygen atoms in total. The second-order valence-corrected chi connectivity index (χ2v) is 6.19. The zero-order chi connectivity index (χ0) is 14.2. The summed E-state index contributed by atoms with van der Waals surface area (Å²) in [6.07, 6.45) is 1.49. The van der Waals surface area contributed by atoms with E-state index in [1.54, 1.807) is 25.1 Å². The summed E-state index contributed by atoms with van der Waals surface area (Å²) >= 11 is 0.968. The van der Waals surface area contributed by atoms with Crippen LogP contribution in [0, 0.1) is 6.92 Å². The van der Waals surface area contributed by atoms with E-state index in [0.717, 1.165) is 11.7 Å². The van der Waals surface area contributed by atoms with Gasteiger partial charge in [-0.15, -0.1) is 0 Å². The van der Waals surface area contributed by atoms with E-state index < -0.39 is 10.0 Å². The molecule has 0 aliphatic heterocycles. The van der Waals surface area contributed by atoms with Crippen LogP contribution in [0.25, 0.3) is 11.0 Å².